The van der Waals surface area contributed by atoms with Crippen LogP contribution in [0.3, 0.4) is 0 Å². The normalized spacial score (nSPS) is 15.5. The van der Waals surface area contributed by atoms with Gasteiger partial charge in [0.25, 0.3) is 5.91 Å². The molecule has 0 aromatic heterocycles. The summed E-state index contributed by atoms with van der Waals surface area (Å²) >= 11 is 0. The molecule has 1 fully saturated rings. The molecule has 1 aliphatic rings. The molecule has 1 N–H and O–H groups in total. The lowest BCUT2D eigenvalue weighted by Crippen LogP contribution is -2.53. The highest BCUT2D eigenvalue weighted by Gasteiger charge is 2.30. The highest BCUT2D eigenvalue weighted by atomic mass is 19.1. The van der Waals surface area contributed by atoms with Crippen molar-refractivity contribution in [2.24, 2.45) is 0 Å². The number of aliphatic hydroxyl groups excluding tert-OH is 1. The molecule has 17 heavy (non-hydrogen) atoms. The van der Waals surface area contributed by atoms with Crippen LogP contribution in [-0.2, 0) is 0 Å². The number of β-amino-alcohol motifs (C(OH)–C–C–N with tert-alkyl or cyclic N) is 1. The minimum atomic E-state index is -1.04. The molecule has 90 valence electrons. The third kappa shape index (κ3) is 2.09. The van der Waals surface area contributed by atoms with Crippen LogP contribution < -0.4 is 0 Å². The molecule has 0 bridgehead atoms. The summed E-state index contributed by atoms with van der Waals surface area (Å²) in [6.45, 7) is 0.412. The first-order valence-electron chi connectivity index (χ1n) is 4.90. The van der Waals surface area contributed by atoms with Crippen molar-refractivity contribution in [3.05, 3.63) is 39.7 Å². The number of halogens is 1. The SMILES string of the molecule is O=C(c1ccc([N+](=O)[O-])c(F)c1)N1CC(O)C1. The molecule has 2 rings (SSSR count). The topological polar surface area (TPSA) is 83.7 Å². The van der Waals surface area contributed by atoms with Gasteiger partial charge in [-0.3, -0.25) is 14.9 Å². The number of amides is 1. The fourth-order valence-corrected chi connectivity index (χ4v) is 1.59. The Kier molecular flexibility index (Phi) is 2.76. The summed E-state index contributed by atoms with van der Waals surface area (Å²) in [5, 5.41) is 19.4. The molecule has 0 unspecified atom stereocenters. The standard InChI is InChI=1S/C10H9FN2O4/c11-8-3-6(1-2-9(8)13(16)17)10(15)12-4-7(14)5-12/h1-3,7,14H,4-5H2. The molecule has 1 amide bonds. The predicted molar refractivity (Wildman–Crippen MR) is 55.0 cm³/mol. The fourth-order valence-electron chi connectivity index (χ4n) is 1.59. The second-order valence-electron chi connectivity index (χ2n) is 3.79. The van der Waals surface area contributed by atoms with E-state index in [0.717, 1.165) is 12.1 Å². The van der Waals surface area contributed by atoms with Crippen molar-refractivity contribution < 1.29 is 19.2 Å². The average molecular weight is 240 g/mol. The van der Waals surface area contributed by atoms with Crippen LogP contribution in [0.25, 0.3) is 0 Å². The zero-order chi connectivity index (χ0) is 12.6. The molecule has 0 atom stereocenters. The molecule has 7 heteroatoms. The number of likely N-dealkylation sites (tertiary alicyclic amines) is 1. The minimum Gasteiger partial charge on any atom is -0.389 e. The van der Waals surface area contributed by atoms with E-state index in [0.29, 0.717) is 0 Å². The highest BCUT2D eigenvalue weighted by molar-refractivity contribution is 5.95. The summed E-state index contributed by atoms with van der Waals surface area (Å²) in [6, 6.07) is 3.00. The number of nitrogens with zero attached hydrogens (tertiary/aromatic N) is 2. The third-order valence-corrected chi connectivity index (χ3v) is 2.54. The Balaban J connectivity index is 2.20. The molecule has 1 aliphatic heterocycles. The van der Waals surface area contributed by atoms with E-state index in [-0.39, 0.29) is 18.7 Å². The summed E-state index contributed by atoms with van der Waals surface area (Å²) in [5.41, 5.74) is -0.620. The van der Waals surface area contributed by atoms with Gasteiger partial charge in [-0.2, -0.15) is 4.39 Å². The van der Waals surface area contributed by atoms with E-state index in [1.54, 1.807) is 0 Å². The number of nitro groups is 1. The Morgan fingerprint density at radius 2 is 2.18 bits per heavy atom. The number of carbonyl (C=O) groups is 1. The summed E-state index contributed by atoms with van der Waals surface area (Å²) in [5.74, 6) is -1.48. The van der Waals surface area contributed by atoms with E-state index in [1.165, 1.54) is 11.0 Å². The van der Waals surface area contributed by atoms with E-state index in [1.807, 2.05) is 0 Å². The number of carbonyl (C=O) groups excluding carboxylic acids is 1. The largest absolute Gasteiger partial charge is 0.389 e. The summed E-state index contributed by atoms with van der Waals surface area (Å²) in [7, 11) is 0. The summed E-state index contributed by atoms with van der Waals surface area (Å²) < 4.78 is 13.3. The monoisotopic (exact) mass is 240 g/mol. The van der Waals surface area contributed by atoms with E-state index >= 15 is 0 Å². The molecule has 0 saturated carbocycles. The molecule has 1 saturated heterocycles. The first-order valence-corrected chi connectivity index (χ1v) is 4.90. The third-order valence-electron chi connectivity index (χ3n) is 2.54. The number of hydrogen-bond donors (Lipinski definition) is 1. The average Bonchev–Trinajstić information content (AvgIpc) is 2.23. The summed E-state index contributed by atoms with van der Waals surface area (Å²) in [4.78, 5) is 22.6. The van der Waals surface area contributed by atoms with Crippen LogP contribution in [0, 0.1) is 15.9 Å². The van der Waals surface area contributed by atoms with Gasteiger partial charge in [0.15, 0.2) is 0 Å². The van der Waals surface area contributed by atoms with Crippen molar-refractivity contribution in [1.29, 1.82) is 0 Å². The maximum absolute atomic E-state index is 13.3. The molecule has 1 aromatic rings. The molecular formula is C10H9FN2O4. The number of benzene rings is 1. The lowest BCUT2D eigenvalue weighted by Gasteiger charge is -2.35. The predicted octanol–water partition coefficient (Wildman–Crippen LogP) is 0.551. The van der Waals surface area contributed by atoms with Crippen LogP contribution in [0.4, 0.5) is 10.1 Å². The van der Waals surface area contributed by atoms with Gasteiger partial charge in [0.2, 0.25) is 5.82 Å². The maximum atomic E-state index is 13.3. The Morgan fingerprint density at radius 1 is 1.53 bits per heavy atom. The fraction of sp³-hybridized carbons (Fsp3) is 0.300. The molecule has 0 spiro atoms. The molecule has 0 radical (unpaired) electrons. The first kappa shape index (κ1) is 11.5. The number of hydrogen-bond acceptors (Lipinski definition) is 4. The van der Waals surface area contributed by atoms with Gasteiger partial charge in [0.1, 0.15) is 0 Å². The van der Waals surface area contributed by atoms with Gasteiger partial charge in [-0.15, -0.1) is 0 Å². The quantitative estimate of drug-likeness (QED) is 0.604. The van der Waals surface area contributed by atoms with E-state index < -0.39 is 28.4 Å². The molecule has 0 aliphatic carbocycles. The van der Waals surface area contributed by atoms with Crippen molar-refractivity contribution in [3.63, 3.8) is 0 Å². The van der Waals surface area contributed by atoms with Crippen LogP contribution in [0.15, 0.2) is 18.2 Å². The second kappa shape index (κ2) is 4.10. The van der Waals surface area contributed by atoms with Crippen molar-refractivity contribution >= 4 is 11.6 Å². The van der Waals surface area contributed by atoms with Crippen LogP contribution in [0.1, 0.15) is 10.4 Å². The van der Waals surface area contributed by atoms with Gasteiger partial charge in [-0.05, 0) is 12.1 Å². The number of nitro benzene ring substituents is 1. The summed E-state index contributed by atoms with van der Waals surface area (Å²) in [6.07, 6.45) is -0.540. The van der Waals surface area contributed by atoms with Gasteiger partial charge in [-0.25, -0.2) is 0 Å². The lowest BCUT2D eigenvalue weighted by atomic mass is 10.1. The van der Waals surface area contributed by atoms with Crippen LogP contribution >= 0.6 is 0 Å². The zero-order valence-electron chi connectivity index (χ0n) is 8.67. The van der Waals surface area contributed by atoms with Gasteiger partial charge >= 0.3 is 5.69 Å². The highest BCUT2D eigenvalue weighted by Crippen LogP contribution is 2.20. The minimum absolute atomic E-state index is 0.0417. The lowest BCUT2D eigenvalue weighted by molar-refractivity contribution is -0.387. The van der Waals surface area contributed by atoms with Crippen molar-refractivity contribution in [2.45, 2.75) is 6.10 Å². The van der Waals surface area contributed by atoms with Crippen LogP contribution in [-0.4, -0.2) is 40.0 Å². The first-order chi connectivity index (χ1) is 7.99. The van der Waals surface area contributed by atoms with Gasteiger partial charge in [0, 0.05) is 24.7 Å². The van der Waals surface area contributed by atoms with Crippen molar-refractivity contribution in [3.8, 4) is 0 Å². The smallest absolute Gasteiger partial charge is 0.304 e. The zero-order valence-corrected chi connectivity index (χ0v) is 8.67. The molecule has 1 heterocycles. The Hall–Kier alpha value is -2.02. The maximum Gasteiger partial charge on any atom is 0.304 e. The van der Waals surface area contributed by atoms with E-state index in [9.17, 15) is 19.3 Å². The van der Waals surface area contributed by atoms with E-state index in [2.05, 4.69) is 0 Å². The second-order valence-corrected chi connectivity index (χ2v) is 3.79. The van der Waals surface area contributed by atoms with Gasteiger partial charge < -0.3 is 10.0 Å². The Labute approximate surface area is 95.4 Å². The van der Waals surface area contributed by atoms with Gasteiger partial charge in [0.05, 0.1) is 11.0 Å². The van der Waals surface area contributed by atoms with Crippen molar-refractivity contribution in [2.75, 3.05) is 13.1 Å². The molecule has 6 nitrogen and oxygen atoms in total. The van der Waals surface area contributed by atoms with Crippen LogP contribution in [0.2, 0.25) is 0 Å². The Bertz CT molecular complexity index is 485. The number of aliphatic hydroxyl groups is 1. The van der Waals surface area contributed by atoms with Crippen molar-refractivity contribution in [1.82, 2.24) is 4.90 Å². The molecular weight excluding hydrogens is 231 g/mol. The molecule has 1 aromatic carbocycles. The van der Waals surface area contributed by atoms with E-state index in [4.69, 9.17) is 5.11 Å². The Morgan fingerprint density at radius 3 is 2.65 bits per heavy atom. The number of rotatable bonds is 2. The van der Waals surface area contributed by atoms with Crippen LogP contribution in [0.5, 0.6) is 0 Å². The van der Waals surface area contributed by atoms with Gasteiger partial charge in [-0.1, -0.05) is 0 Å².